The summed E-state index contributed by atoms with van der Waals surface area (Å²) in [5.41, 5.74) is 8.91. The Balaban J connectivity index is 1.68. The summed E-state index contributed by atoms with van der Waals surface area (Å²) in [7, 11) is 0. The van der Waals surface area contributed by atoms with Gasteiger partial charge in [0.25, 0.3) is 0 Å². The Bertz CT molecular complexity index is 506. The molecular formula is C17H24N2O. The molecule has 108 valence electrons. The van der Waals surface area contributed by atoms with Crippen LogP contribution in [0.3, 0.4) is 0 Å². The molecule has 2 aliphatic rings. The number of hydrogen-bond donors (Lipinski definition) is 1. The van der Waals surface area contributed by atoms with Gasteiger partial charge in [0.05, 0.1) is 0 Å². The fraction of sp³-hybridized carbons (Fsp3) is 0.588. The van der Waals surface area contributed by atoms with Crippen molar-refractivity contribution in [2.24, 2.45) is 5.92 Å². The second kappa shape index (κ2) is 5.47. The van der Waals surface area contributed by atoms with E-state index in [1.165, 1.54) is 31.2 Å². The van der Waals surface area contributed by atoms with Crippen molar-refractivity contribution in [2.45, 2.75) is 57.9 Å². The van der Waals surface area contributed by atoms with Crippen LogP contribution in [0.15, 0.2) is 18.2 Å². The van der Waals surface area contributed by atoms with E-state index >= 15 is 0 Å². The number of fused-ring (bicyclic) bond motifs is 1. The molecule has 0 aromatic heterocycles. The molecule has 1 fully saturated rings. The van der Waals surface area contributed by atoms with E-state index in [1.807, 2.05) is 23.1 Å². The Morgan fingerprint density at radius 1 is 1.35 bits per heavy atom. The number of anilines is 2. The standard InChI is InChI=1S/C17H24N2O/c1-12-10-14-11-15(18)7-8-16(14)19(12)17(20)9-6-13-4-2-3-5-13/h7-8,11-13H,2-6,9-10,18H2,1H3. The minimum Gasteiger partial charge on any atom is -0.399 e. The lowest BCUT2D eigenvalue weighted by atomic mass is 10.0. The Morgan fingerprint density at radius 3 is 2.85 bits per heavy atom. The molecular weight excluding hydrogens is 248 g/mol. The predicted molar refractivity (Wildman–Crippen MR) is 82.7 cm³/mol. The zero-order chi connectivity index (χ0) is 14.1. The van der Waals surface area contributed by atoms with Crippen molar-refractivity contribution in [3.8, 4) is 0 Å². The van der Waals surface area contributed by atoms with E-state index in [4.69, 9.17) is 5.73 Å². The zero-order valence-corrected chi connectivity index (χ0v) is 12.3. The van der Waals surface area contributed by atoms with Crippen molar-refractivity contribution >= 4 is 17.3 Å². The number of benzene rings is 1. The van der Waals surface area contributed by atoms with Crippen LogP contribution >= 0.6 is 0 Å². The van der Waals surface area contributed by atoms with Crippen molar-refractivity contribution < 1.29 is 4.79 Å². The summed E-state index contributed by atoms with van der Waals surface area (Å²) < 4.78 is 0. The number of carbonyl (C=O) groups is 1. The Labute approximate surface area is 121 Å². The van der Waals surface area contributed by atoms with Crippen molar-refractivity contribution in [1.82, 2.24) is 0 Å². The summed E-state index contributed by atoms with van der Waals surface area (Å²) in [6, 6.07) is 6.18. The third kappa shape index (κ3) is 2.54. The third-order valence-corrected chi connectivity index (χ3v) is 4.83. The van der Waals surface area contributed by atoms with Gasteiger partial charge < -0.3 is 10.6 Å². The topological polar surface area (TPSA) is 46.3 Å². The molecule has 1 unspecified atom stereocenters. The first kappa shape index (κ1) is 13.5. The molecule has 1 aliphatic carbocycles. The van der Waals surface area contributed by atoms with E-state index in [9.17, 15) is 4.79 Å². The van der Waals surface area contributed by atoms with E-state index in [0.29, 0.717) is 6.42 Å². The average Bonchev–Trinajstić information content (AvgIpc) is 3.02. The number of nitrogens with two attached hydrogens (primary N) is 1. The van der Waals surface area contributed by atoms with E-state index in [0.717, 1.165) is 30.1 Å². The van der Waals surface area contributed by atoms with Crippen molar-refractivity contribution in [2.75, 3.05) is 10.6 Å². The van der Waals surface area contributed by atoms with Crippen LogP contribution in [0.25, 0.3) is 0 Å². The van der Waals surface area contributed by atoms with Gasteiger partial charge in [0.2, 0.25) is 5.91 Å². The maximum absolute atomic E-state index is 12.6. The fourth-order valence-corrected chi connectivity index (χ4v) is 3.78. The van der Waals surface area contributed by atoms with Crippen LogP contribution in [0.1, 0.15) is 51.0 Å². The number of carbonyl (C=O) groups excluding carboxylic acids is 1. The monoisotopic (exact) mass is 272 g/mol. The molecule has 1 heterocycles. The highest BCUT2D eigenvalue weighted by molar-refractivity contribution is 5.96. The van der Waals surface area contributed by atoms with Crippen LogP contribution in [0, 0.1) is 5.92 Å². The lowest BCUT2D eigenvalue weighted by Crippen LogP contribution is -2.35. The summed E-state index contributed by atoms with van der Waals surface area (Å²) in [5.74, 6) is 1.07. The number of hydrogen-bond acceptors (Lipinski definition) is 2. The highest BCUT2D eigenvalue weighted by atomic mass is 16.2. The molecule has 1 saturated carbocycles. The average molecular weight is 272 g/mol. The molecule has 1 aliphatic heterocycles. The minimum absolute atomic E-state index is 0.267. The molecule has 1 atom stereocenters. The summed E-state index contributed by atoms with van der Waals surface area (Å²) >= 11 is 0. The molecule has 0 saturated heterocycles. The largest absolute Gasteiger partial charge is 0.399 e. The number of amides is 1. The van der Waals surface area contributed by atoms with Gasteiger partial charge in [-0.1, -0.05) is 25.7 Å². The van der Waals surface area contributed by atoms with Gasteiger partial charge in [0.1, 0.15) is 0 Å². The summed E-state index contributed by atoms with van der Waals surface area (Å²) in [4.78, 5) is 14.5. The number of nitrogen functional groups attached to an aromatic ring is 1. The zero-order valence-electron chi connectivity index (χ0n) is 12.3. The van der Waals surface area contributed by atoms with Gasteiger partial charge in [0.15, 0.2) is 0 Å². The third-order valence-electron chi connectivity index (χ3n) is 4.83. The normalized spacial score (nSPS) is 22.2. The van der Waals surface area contributed by atoms with Gasteiger partial charge in [-0.3, -0.25) is 4.79 Å². The van der Waals surface area contributed by atoms with Crippen LogP contribution in [-0.4, -0.2) is 11.9 Å². The maximum atomic E-state index is 12.6. The van der Waals surface area contributed by atoms with Gasteiger partial charge in [-0.25, -0.2) is 0 Å². The van der Waals surface area contributed by atoms with Gasteiger partial charge in [-0.05, 0) is 49.4 Å². The molecule has 3 rings (SSSR count). The van der Waals surface area contributed by atoms with Gasteiger partial charge in [-0.15, -0.1) is 0 Å². The Kier molecular flexibility index (Phi) is 3.68. The minimum atomic E-state index is 0.267. The van der Waals surface area contributed by atoms with E-state index in [-0.39, 0.29) is 11.9 Å². The molecule has 1 amide bonds. The predicted octanol–water partition coefficient (Wildman–Crippen LogP) is 3.52. The lowest BCUT2D eigenvalue weighted by molar-refractivity contribution is -0.119. The first-order valence-electron chi connectivity index (χ1n) is 7.85. The molecule has 0 bridgehead atoms. The Morgan fingerprint density at radius 2 is 2.10 bits per heavy atom. The quantitative estimate of drug-likeness (QED) is 0.856. The van der Waals surface area contributed by atoms with E-state index in [1.54, 1.807) is 0 Å². The van der Waals surface area contributed by atoms with E-state index in [2.05, 4.69) is 6.92 Å². The Hall–Kier alpha value is -1.51. The molecule has 3 nitrogen and oxygen atoms in total. The molecule has 1 aromatic rings. The SMILES string of the molecule is CC1Cc2cc(N)ccc2N1C(=O)CCC1CCCC1. The van der Waals surface area contributed by atoms with Crippen molar-refractivity contribution in [3.05, 3.63) is 23.8 Å². The van der Waals surface area contributed by atoms with Crippen LogP contribution in [0.5, 0.6) is 0 Å². The first-order chi connectivity index (χ1) is 9.65. The number of rotatable bonds is 3. The van der Waals surface area contributed by atoms with Gasteiger partial charge in [-0.2, -0.15) is 0 Å². The van der Waals surface area contributed by atoms with Gasteiger partial charge >= 0.3 is 0 Å². The van der Waals surface area contributed by atoms with Crippen LogP contribution in [0.4, 0.5) is 11.4 Å². The number of nitrogens with zero attached hydrogens (tertiary/aromatic N) is 1. The van der Waals surface area contributed by atoms with Crippen molar-refractivity contribution in [3.63, 3.8) is 0 Å². The second-order valence-corrected chi connectivity index (χ2v) is 6.39. The highest BCUT2D eigenvalue weighted by Crippen LogP contribution is 2.35. The fourth-order valence-electron chi connectivity index (χ4n) is 3.78. The van der Waals surface area contributed by atoms with Crippen LogP contribution in [0.2, 0.25) is 0 Å². The molecule has 0 radical (unpaired) electrons. The summed E-state index contributed by atoms with van der Waals surface area (Å²) in [5, 5.41) is 0. The van der Waals surface area contributed by atoms with Gasteiger partial charge in [0, 0.05) is 23.8 Å². The maximum Gasteiger partial charge on any atom is 0.227 e. The lowest BCUT2D eigenvalue weighted by Gasteiger charge is -2.23. The second-order valence-electron chi connectivity index (χ2n) is 6.39. The van der Waals surface area contributed by atoms with Crippen LogP contribution in [-0.2, 0) is 11.2 Å². The molecule has 1 aromatic carbocycles. The molecule has 3 heteroatoms. The first-order valence-corrected chi connectivity index (χ1v) is 7.85. The summed E-state index contributed by atoms with van der Waals surface area (Å²) in [6.45, 7) is 2.13. The van der Waals surface area contributed by atoms with Crippen LogP contribution < -0.4 is 10.6 Å². The summed E-state index contributed by atoms with van der Waals surface area (Å²) in [6.07, 6.45) is 8.01. The molecule has 2 N–H and O–H groups in total. The molecule has 0 spiro atoms. The molecule has 20 heavy (non-hydrogen) atoms. The van der Waals surface area contributed by atoms with E-state index < -0.39 is 0 Å². The smallest absolute Gasteiger partial charge is 0.227 e. The van der Waals surface area contributed by atoms with Crippen molar-refractivity contribution in [1.29, 1.82) is 0 Å². The highest BCUT2D eigenvalue weighted by Gasteiger charge is 2.31.